The van der Waals surface area contributed by atoms with E-state index in [1.165, 1.54) is 6.92 Å². The van der Waals surface area contributed by atoms with Gasteiger partial charge in [-0.05, 0) is 13.3 Å². The number of aliphatic hydroxyl groups is 1. The molecule has 1 N–H and O–H groups in total. The van der Waals surface area contributed by atoms with Gasteiger partial charge in [0.2, 0.25) is 5.91 Å². The number of alkyl halides is 3. The van der Waals surface area contributed by atoms with Gasteiger partial charge < -0.3 is 14.7 Å². The molecule has 2 saturated heterocycles. The van der Waals surface area contributed by atoms with Crippen molar-refractivity contribution >= 4 is 11.9 Å². The van der Waals surface area contributed by atoms with E-state index in [9.17, 15) is 27.9 Å². The minimum absolute atomic E-state index is 0.00700. The number of carbonyl (C=O) groups excluding carboxylic acids is 2. The molecule has 0 radical (unpaired) electrons. The van der Waals surface area contributed by atoms with Crippen molar-refractivity contribution in [2.45, 2.75) is 43.5 Å². The first kappa shape index (κ1) is 14.1. The molecule has 5 nitrogen and oxygen atoms in total. The van der Waals surface area contributed by atoms with Crippen LogP contribution in [0.5, 0.6) is 0 Å². The van der Waals surface area contributed by atoms with Gasteiger partial charge in [-0.2, -0.15) is 13.2 Å². The summed E-state index contributed by atoms with van der Waals surface area (Å²) in [6.07, 6.45) is -5.80. The number of hydrogen-bond donors (Lipinski definition) is 1. The minimum Gasteiger partial charge on any atom is -0.464 e. The normalized spacial score (nSPS) is 34.6. The molecular formula is C11H14F3NO4. The second-order valence-electron chi connectivity index (χ2n) is 4.94. The second-order valence-corrected chi connectivity index (χ2v) is 4.94. The van der Waals surface area contributed by atoms with Gasteiger partial charge in [0.25, 0.3) is 0 Å². The van der Waals surface area contributed by atoms with Crippen molar-refractivity contribution in [2.75, 3.05) is 13.2 Å². The first-order valence-electron chi connectivity index (χ1n) is 5.93. The van der Waals surface area contributed by atoms with E-state index in [-0.39, 0.29) is 19.4 Å². The lowest BCUT2D eigenvalue weighted by Gasteiger charge is -2.28. The summed E-state index contributed by atoms with van der Waals surface area (Å²) < 4.78 is 43.3. The summed E-state index contributed by atoms with van der Waals surface area (Å²) in [7, 11) is 0. The summed E-state index contributed by atoms with van der Waals surface area (Å²) in [6.45, 7) is 0.627. The highest BCUT2D eigenvalue weighted by Crippen LogP contribution is 2.50. The number of esters is 1. The monoisotopic (exact) mass is 281 g/mol. The maximum Gasteiger partial charge on any atom is 0.419 e. The fraction of sp³-hybridized carbons (Fsp3) is 0.818. The van der Waals surface area contributed by atoms with Gasteiger partial charge in [-0.25, -0.2) is 4.79 Å². The first-order valence-corrected chi connectivity index (χ1v) is 5.93. The number of rotatable bonds is 2. The molecule has 0 bridgehead atoms. The van der Waals surface area contributed by atoms with Crippen molar-refractivity contribution in [1.82, 2.24) is 4.90 Å². The summed E-state index contributed by atoms with van der Waals surface area (Å²) in [5, 5.41) is 9.71. The van der Waals surface area contributed by atoms with Gasteiger partial charge in [0.15, 0.2) is 5.60 Å². The van der Waals surface area contributed by atoms with Crippen molar-refractivity contribution in [3.05, 3.63) is 0 Å². The molecule has 1 amide bonds. The first-order chi connectivity index (χ1) is 8.66. The van der Waals surface area contributed by atoms with E-state index in [0.717, 1.165) is 4.90 Å². The molecule has 19 heavy (non-hydrogen) atoms. The Labute approximate surface area is 107 Å². The third kappa shape index (κ3) is 1.89. The van der Waals surface area contributed by atoms with Crippen LogP contribution < -0.4 is 0 Å². The predicted molar refractivity (Wildman–Crippen MR) is 55.9 cm³/mol. The van der Waals surface area contributed by atoms with Gasteiger partial charge in [0.1, 0.15) is 5.54 Å². The summed E-state index contributed by atoms with van der Waals surface area (Å²) in [5.74, 6) is -1.44. The molecule has 0 aliphatic carbocycles. The molecule has 0 spiro atoms. The molecule has 2 heterocycles. The molecule has 0 aromatic carbocycles. The van der Waals surface area contributed by atoms with Gasteiger partial charge in [-0.15, -0.1) is 0 Å². The molecule has 2 aliphatic heterocycles. The van der Waals surface area contributed by atoms with E-state index in [1.807, 2.05) is 0 Å². The van der Waals surface area contributed by atoms with Gasteiger partial charge in [-0.3, -0.25) is 4.79 Å². The van der Waals surface area contributed by atoms with Crippen LogP contribution in [0.2, 0.25) is 0 Å². The van der Waals surface area contributed by atoms with Crippen LogP contribution in [-0.2, 0) is 14.3 Å². The molecular weight excluding hydrogens is 267 g/mol. The Morgan fingerprint density at radius 1 is 1.53 bits per heavy atom. The van der Waals surface area contributed by atoms with E-state index >= 15 is 0 Å². The standard InChI is InChI=1S/C11H14F3NO4/c1-2-19-8(17)9-4-3-7(16)15(9)6-10(18,5-9)11(12,13)14/h18H,2-6H2,1H3. The van der Waals surface area contributed by atoms with Crippen LogP contribution in [0.1, 0.15) is 26.2 Å². The quantitative estimate of drug-likeness (QED) is 0.753. The summed E-state index contributed by atoms with van der Waals surface area (Å²) >= 11 is 0. The molecule has 108 valence electrons. The number of ether oxygens (including phenoxy) is 1. The molecule has 2 aliphatic rings. The van der Waals surface area contributed by atoms with E-state index in [1.54, 1.807) is 0 Å². The van der Waals surface area contributed by atoms with E-state index < -0.39 is 42.2 Å². The van der Waals surface area contributed by atoms with Crippen LogP contribution in [0, 0.1) is 0 Å². The van der Waals surface area contributed by atoms with Gasteiger partial charge in [0, 0.05) is 12.8 Å². The predicted octanol–water partition coefficient (Wildman–Crippen LogP) is 0.608. The highest BCUT2D eigenvalue weighted by atomic mass is 19.4. The molecule has 0 aromatic heterocycles. The summed E-state index contributed by atoms with van der Waals surface area (Å²) in [5.41, 5.74) is -4.72. The highest BCUT2D eigenvalue weighted by Gasteiger charge is 2.70. The topological polar surface area (TPSA) is 66.8 Å². The van der Waals surface area contributed by atoms with Crippen LogP contribution in [-0.4, -0.2) is 52.4 Å². The molecule has 2 fully saturated rings. The Hall–Kier alpha value is -1.31. The number of nitrogens with zero attached hydrogens (tertiary/aromatic N) is 1. The van der Waals surface area contributed by atoms with Crippen molar-refractivity contribution in [3.63, 3.8) is 0 Å². The van der Waals surface area contributed by atoms with Crippen molar-refractivity contribution in [2.24, 2.45) is 0 Å². The third-order valence-electron chi connectivity index (χ3n) is 3.76. The average molecular weight is 281 g/mol. The summed E-state index contributed by atoms with van der Waals surface area (Å²) in [4.78, 5) is 24.4. The molecule has 0 saturated carbocycles. The molecule has 2 unspecified atom stereocenters. The number of hydrogen-bond acceptors (Lipinski definition) is 4. The number of fused-ring (bicyclic) bond motifs is 1. The van der Waals surface area contributed by atoms with Crippen molar-refractivity contribution < 1.29 is 32.6 Å². The number of amides is 1. The average Bonchev–Trinajstić information content (AvgIpc) is 2.75. The summed E-state index contributed by atoms with van der Waals surface area (Å²) in [6, 6.07) is 0. The SMILES string of the molecule is CCOC(=O)C12CCC(=O)N1CC(O)(C(F)(F)F)C2. The molecule has 8 heteroatoms. The van der Waals surface area contributed by atoms with E-state index in [2.05, 4.69) is 0 Å². The van der Waals surface area contributed by atoms with Crippen molar-refractivity contribution in [1.29, 1.82) is 0 Å². The number of β-amino-alcohol motifs (C(OH)–C–C–N with tert-alkyl or cyclic N) is 1. The van der Waals surface area contributed by atoms with Crippen LogP contribution >= 0.6 is 0 Å². The van der Waals surface area contributed by atoms with Crippen LogP contribution in [0.3, 0.4) is 0 Å². The highest BCUT2D eigenvalue weighted by molar-refractivity contribution is 5.93. The lowest BCUT2D eigenvalue weighted by Crippen LogP contribution is -2.48. The zero-order chi connectivity index (χ0) is 14.5. The van der Waals surface area contributed by atoms with Gasteiger partial charge in [0.05, 0.1) is 13.2 Å². The fourth-order valence-corrected chi connectivity index (χ4v) is 2.79. The zero-order valence-corrected chi connectivity index (χ0v) is 10.3. The second kappa shape index (κ2) is 4.09. The Morgan fingerprint density at radius 2 is 2.16 bits per heavy atom. The Bertz CT molecular complexity index is 425. The Kier molecular flexibility index (Phi) is 3.04. The van der Waals surface area contributed by atoms with Crippen LogP contribution in [0.25, 0.3) is 0 Å². The lowest BCUT2D eigenvalue weighted by molar-refractivity contribution is -0.255. The van der Waals surface area contributed by atoms with Gasteiger partial charge >= 0.3 is 12.1 Å². The maximum absolute atomic E-state index is 12.9. The fourth-order valence-electron chi connectivity index (χ4n) is 2.79. The molecule has 0 aromatic rings. The molecule has 2 atom stereocenters. The zero-order valence-electron chi connectivity index (χ0n) is 10.3. The van der Waals surface area contributed by atoms with E-state index in [0.29, 0.717) is 0 Å². The van der Waals surface area contributed by atoms with Crippen LogP contribution in [0.15, 0.2) is 0 Å². The third-order valence-corrected chi connectivity index (χ3v) is 3.76. The number of carbonyl (C=O) groups is 2. The van der Waals surface area contributed by atoms with E-state index in [4.69, 9.17) is 4.74 Å². The minimum atomic E-state index is -4.89. The van der Waals surface area contributed by atoms with Crippen LogP contribution in [0.4, 0.5) is 13.2 Å². The maximum atomic E-state index is 12.9. The lowest BCUT2D eigenvalue weighted by atomic mass is 9.87. The Morgan fingerprint density at radius 3 is 2.68 bits per heavy atom. The van der Waals surface area contributed by atoms with Gasteiger partial charge in [-0.1, -0.05) is 0 Å². The number of halogens is 3. The molecule has 2 rings (SSSR count). The Balaban J connectivity index is 2.37. The van der Waals surface area contributed by atoms with Crippen molar-refractivity contribution in [3.8, 4) is 0 Å². The smallest absolute Gasteiger partial charge is 0.419 e. The largest absolute Gasteiger partial charge is 0.464 e.